The molecule has 1 atom stereocenters. The molecule has 3 nitrogen and oxygen atoms in total. The van der Waals surface area contributed by atoms with Crippen LogP contribution in [0.15, 0.2) is 5.34 Å². The van der Waals surface area contributed by atoms with Gasteiger partial charge in [0.2, 0.25) is 0 Å². The lowest BCUT2D eigenvalue weighted by atomic mass is 9.84. The van der Waals surface area contributed by atoms with Crippen LogP contribution in [-0.2, 0) is 4.84 Å². The first-order valence-corrected chi connectivity index (χ1v) is 4.36. The summed E-state index contributed by atoms with van der Waals surface area (Å²) in [6.07, 6.45) is 0.796. The summed E-state index contributed by atoms with van der Waals surface area (Å²) in [6.45, 7) is 10.3. The van der Waals surface area contributed by atoms with Gasteiger partial charge in [-0.2, -0.15) is 0 Å². The van der Waals surface area contributed by atoms with Gasteiger partial charge in [-0.05, 0) is 12.3 Å². The maximum atomic E-state index is 9.97. The molecular weight excluding hydrogens is 154 g/mol. The van der Waals surface area contributed by atoms with Gasteiger partial charge in [-0.25, -0.2) is 0 Å². The second kappa shape index (κ2) is 4.43. The Bertz CT molecular complexity index is 138. The van der Waals surface area contributed by atoms with E-state index in [9.17, 15) is 4.91 Å². The molecule has 0 rings (SSSR count). The van der Waals surface area contributed by atoms with Crippen molar-refractivity contribution in [1.82, 2.24) is 0 Å². The molecule has 0 radical (unpaired) electrons. The Morgan fingerprint density at radius 1 is 1.33 bits per heavy atom. The molecule has 0 saturated carbocycles. The van der Waals surface area contributed by atoms with Crippen LogP contribution in [-0.4, -0.2) is 6.10 Å². The zero-order valence-electron chi connectivity index (χ0n) is 8.63. The van der Waals surface area contributed by atoms with Gasteiger partial charge >= 0.3 is 0 Å². The summed E-state index contributed by atoms with van der Waals surface area (Å²) >= 11 is 0. The largest absolute Gasteiger partial charge is 0.360 e. The molecule has 0 fully saturated rings. The van der Waals surface area contributed by atoms with E-state index >= 15 is 0 Å². The molecule has 0 saturated heterocycles. The maximum Gasteiger partial charge on any atom is 0.155 e. The normalized spacial score (nSPS) is 14.5. The van der Waals surface area contributed by atoms with Gasteiger partial charge in [0.25, 0.3) is 0 Å². The average molecular weight is 173 g/mol. The van der Waals surface area contributed by atoms with Gasteiger partial charge in [0.1, 0.15) is 6.10 Å². The van der Waals surface area contributed by atoms with E-state index in [0.29, 0.717) is 5.92 Å². The summed E-state index contributed by atoms with van der Waals surface area (Å²) in [5.74, 6) is 0.524. The van der Waals surface area contributed by atoms with Crippen molar-refractivity contribution in [3.63, 3.8) is 0 Å². The van der Waals surface area contributed by atoms with Gasteiger partial charge in [0, 0.05) is 5.41 Å². The van der Waals surface area contributed by atoms with Crippen LogP contribution in [0.1, 0.15) is 41.0 Å². The Balaban J connectivity index is 4.13. The molecule has 72 valence electrons. The molecule has 12 heavy (non-hydrogen) atoms. The zero-order valence-corrected chi connectivity index (χ0v) is 8.63. The summed E-state index contributed by atoms with van der Waals surface area (Å²) in [4.78, 5) is 14.8. The SMILES string of the molecule is CC(C)CC(ON=O)C(C)(C)C. The van der Waals surface area contributed by atoms with Crippen molar-refractivity contribution in [2.24, 2.45) is 16.7 Å². The van der Waals surface area contributed by atoms with Crippen LogP contribution in [0, 0.1) is 16.2 Å². The highest BCUT2D eigenvalue weighted by Gasteiger charge is 2.27. The lowest BCUT2D eigenvalue weighted by molar-refractivity contribution is -0.0298. The Morgan fingerprint density at radius 3 is 2.08 bits per heavy atom. The van der Waals surface area contributed by atoms with E-state index in [1.54, 1.807) is 0 Å². The molecule has 0 aromatic carbocycles. The third-order valence-electron chi connectivity index (χ3n) is 1.82. The second-order valence-electron chi connectivity index (χ2n) is 4.66. The van der Waals surface area contributed by atoms with E-state index < -0.39 is 0 Å². The number of hydrogen-bond donors (Lipinski definition) is 0. The maximum absolute atomic E-state index is 9.97. The number of nitrogens with zero attached hydrogens (tertiary/aromatic N) is 1. The summed E-state index contributed by atoms with van der Waals surface area (Å²) in [6, 6.07) is 0. The predicted molar refractivity (Wildman–Crippen MR) is 49.6 cm³/mol. The van der Waals surface area contributed by atoms with Gasteiger partial charge in [0.05, 0.1) is 0 Å². The van der Waals surface area contributed by atoms with Crippen molar-refractivity contribution < 1.29 is 4.84 Å². The van der Waals surface area contributed by atoms with Gasteiger partial charge in [0.15, 0.2) is 5.34 Å². The molecular formula is C9H19NO2. The first-order chi connectivity index (χ1) is 5.38. The van der Waals surface area contributed by atoms with Crippen LogP contribution >= 0.6 is 0 Å². The van der Waals surface area contributed by atoms with Crippen LogP contribution in [0.25, 0.3) is 0 Å². The fourth-order valence-corrected chi connectivity index (χ4v) is 1.03. The minimum Gasteiger partial charge on any atom is -0.360 e. The monoisotopic (exact) mass is 173 g/mol. The molecule has 0 N–H and O–H groups in total. The van der Waals surface area contributed by atoms with Gasteiger partial charge in [-0.3, -0.25) is 0 Å². The standard InChI is InChI=1S/C9H19NO2/c1-7(2)6-8(12-10-11)9(3,4)5/h7-8H,6H2,1-5H3. The molecule has 0 aliphatic heterocycles. The fraction of sp³-hybridized carbons (Fsp3) is 1.00. The molecule has 0 aromatic heterocycles. The summed E-state index contributed by atoms with van der Waals surface area (Å²) in [5, 5.41) is 2.51. The van der Waals surface area contributed by atoms with E-state index in [1.807, 2.05) is 20.8 Å². The highest BCUT2D eigenvalue weighted by molar-refractivity contribution is 4.74. The third-order valence-corrected chi connectivity index (χ3v) is 1.82. The minimum atomic E-state index is -0.0741. The van der Waals surface area contributed by atoms with Gasteiger partial charge in [-0.15, -0.1) is 4.91 Å². The van der Waals surface area contributed by atoms with E-state index in [2.05, 4.69) is 19.2 Å². The summed E-state index contributed by atoms with van der Waals surface area (Å²) in [7, 11) is 0. The van der Waals surface area contributed by atoms with E-state index in [-0.39, 0.29) is 11.5 Å². The lowest BCUT2D eigenvalue weighted by Gasteiger charge is -2.28. The smallest absolute Gasteiger partial charge is 0.155 e. The van der Waals surface area contributed by atoms with Crippen LogP contribution in [0.4, 0.5) is 0 Å². The lowest BCUT2D eigenvalue weighted by Crippen LogP contribution is -2.29. The second-order valence-corrected chi connectivity index (χ2v) is 4.66. The molecule has 0 aliphatic rings. The molecule has 1 unspecified atom stereocenters. The molecule has 0 spiro atoms. The minimum absolute atomic E-state index is 0.0157. The summed E-state index contributed by atoms with van der Waals surface area (Å²) in [5.41, 5.74) is -0.0157. The molecule has 0 aliphatic carbocycles. The van der Waals surface area contributed by atoms with Crippen molar-refractivity contribution in [2.45, 2.75) is 47.1 Å². The van der Waals surface area contributed by atoms with E-state index in [1.165, 1.54) is 0 Å². The van der Waals surface area contributed by atoms with Crippen molar-refractivity contribution in [3.05, 3.63) is 4.91 Å². The topological polar surface area (TPSA) is 38.7 Å². The number of hydrogen-bond acceptors (Lipinski definition) is 3. The fourth-order valence-electron chi connectivity index (χ4n) is 1.03. The molecule has 0 heterocycles. The number of rotatable bonds is 4. The van der Waals surface area contributed by atoms with Crippen LogP contribution in [0.5, 0.6) is 0 Å². The highest BCUT2D eigenvalue weighted by Crippen LogP contribution is 2.27. The predicted octanol–water partition coefficient (Wildman–Crippen LogP) is 3.15. The van der Waals surface area contributed by atoms with Crippen molar-refractivity contribution in [2.75, 3.05) is 0 Å². The Morgan fingerprint density at radius 2 is 1.83 bits per heavy atom. The Hall–Kier alpha value is -0.600. The van der Waals surface area contributed by atoms with Crippen LogP contribution in [0.2, 0.25) is 0 Å². The molecule has 0 amide bonds. The van der Waals surface area contributed by atoms with Gasteiger partial charge in [-0.1, -0.05) is 34.6 Å². The van der Waals surface area contributed by atoms with Gasteiger partial charge < -0.3 is 4.84 Å². The summed E-state index contributed by atoms with van der Waals surface area (Å²) < 4.78 is 0. The van der Waals surface area contributed by atoms with Crippen molar-refractivity contribution in [1.29, 1.82) is 0 Å². The third kappa shape index (κ3) is 4.31. The Kier molecular flexibility index (Phi) is 4.21. The Labute approximate surface area is 74.4 Å². The first kappa shape index (κ1) is 11.4. The zero-order chi connectivity index (χ0) is 9.78. The van der Waals surface area contributed by atoms with Crippen LogP contribution < -0.4 is 0 Å². The molecule has 0 bridgehead atoms. The quantitative estimate of drug-likeness (QED) is 0.484. The van der Waals surface area contributed by atoms with Crippen molar-refractivity contribution >= 4 is 0 Å². The van der Waals surface area contributed by atoms with Crippen molar-refractivity contribution in [3.8, 4) is 0 Å². The molecule has 0 aromatic rings. The molecule has 3 heteroatoms. The van der Waals surface area contributed by atoms with E-state index in [4.69, 9.17) is 4.84 Å². The highest BCUT2D eigenvalue weighted by atomic mass is 16.7. The first-order valence-electron chi connectivity index (χ1n) is 4.36. The van der Waals surface area contributed by atoms with E-state index in [0.717, 1.165) is 6.42 Å². The van der Waals surface area contributed by atoms with Crippen LogP contribution in [0.3, 0.4) is 0 Å². The average Bonchev–Trinajstić information content (AvgIpc) is 1.83.